The number of nitrogen functional groups attached to an aromatic ring is 1. The summed E-state index contributed by atoms with van der Waals surface area (Å²) in [6.07, 6.45) is 0. The fraction of sp³-hybridized carbons (Fsp3) is 0.0833. The number of oxazole rings is 1. The van der Waals surface area contributed by atoms with Crippen molar-refractivity contribution in [3.63, 3.8) is 0 Å². The van der Waals surface area contributed by atoms with E-state index in [4.69, 9.17) is 10.2 Å². The normalized spacial score (nSPS) is 12.9. The molecule has 0 radical (unpaired) electrons. The number of nitrogens with two attached hydrogens (primary N) is 1. The minimum Gasteiger partial charge on any atom is -0.440 e. The molecule has 1 aromatic carbocycles. The summed E-state index contributed by atoms with van der Waals surface area (Å²) in [6.45, 7) is 0. The number of aromatic nitrogens is 1. The highest BCUT2D eigenvalue weighted by Gasteiger charge is 2.13. The van der Waals surface area contributed by atoms with E-state index in [0.29, 0.717) is 22.7 Å². The molecule has 0 bridgehead atoms. The molecule has 4 nitrogen and oxygen atoms in total. The van der Waals surface area contributed by atoms with Crippen molar-refractivity contribution in [1.82, 2.24) is 4.98 Å². The van der Waals surface area contributed by atoms with Gasteiger partial charge in [-0.2, -0.15) is 0 Å². The average molecular weight is 278 g/mol. The topological polar surface area (TPSA) is 69.1 Å². The molecule has 0 amide bonds. The SMILES string of the molecule is Nc1cccc2oc(CS(=O)c3cccs3)nc12. The first kappa shape index (κ1) is 11.4. The molecule has 2 heterocycles. The van der Waals surface area contributed by atoms with Crippen LogP contribution in [0, 0.1) is 0 Å². The summed E-state index contributed by atoms with van der Waals surface area (Å²) in [5.74, 6) is 0.726. The summed E-state index contributed by atoms with van der Waals surface area (Å²) in [5.41, 5.74) is 7.64. The fourth-order valence-electron chi connectivity index (χ4n) is 1.65. The Hall–Kier alpha value is -1.66. The van der Waals surface area contributed by atoms with E-state index < -0.39 is 10.8 Å². The molecule has 3 rings (SSSR count). The molecular weight excluding hydrogens is 268 g/mol. The van der Waals surface area contributed by atoms with Crippen LogP contribution in [-0.4, -0.2) is 9.19 Å². The zero-order valence-corrected chi connectivity index (χ0v) is 11.0. The summed E-state index contributed by atoms with van der Waals surface area (Å²) in [7, 11) is -1.12. The first-order valence-electron chi connectivity index (χ1n) is 5.30. The van der Waals surface area contributed by atoms with Gasteiger partial charge in [0.05, 0.1) is 20.7 Å². The summed E-state index contributed by atoms with van der Waals surface area (Å²) < 4.78 is 18.4. The Kier molecular flexibility index (Phi) is 2.89. The predicted molar refractivity (Wildman–Crippen MR) is 72.9 cm³/mol. The van der Waals surface area contributed by atoms with Crippen molar-refractivity contribution in [2.24, 2.45) is 0 Å². The van der Waals surface area contributed by atoms with Gasteiger partial charge in [-0.25, -0.2) is 4.98 Å². The largest absolute Gasteiger partial charge is 0.440 e. The first-order chi connectivity index (χ1) is 8.74. The molecule has 92 valence electrons. The minimum atomic E-state index is -1.12. The minimum absolute atomic E-state index is 0.272. The highest BCUT2D eigenvalue weighted by atomic mass is 32.2. The van der Waals surface area contributed by atoms with Crippen molar-refractivity contribution in [1.29, 1.82) is 0 Å². The van der Waals surface area contributed by atoms with Crippen molar-refractivity contribution in [3.05, 3.63) is 41.6 Å². The molecule has 0 aliphatic heterocycles. The van der Waals surface area contributed by atoms with Crippen LogP contribution in [0.2, 0.25) is 0 Å². The zero-order chi connectivity index (χ0) is 12.5. The molecular formula is C12H10N2O2S2. The van der Waals surface area contributed by atoms with Gasteiger partial charge in [-0.1, -0.05) is 12.1 Å². The Morgan fingerprint density at radius 2 is 2.22 bits per heavy atom. The molecule has 0 aliphatic rings. The third-order valence-corrected chi connectivity index (χ3v) is 5.07. The molecule has 0 saturated carbocycles. The number of anilines is 1. The Labute approximate surface area is 110 Å². The highest BCUT2D eigenvalue weighted by Crippen LogP contribution is 2.23. The average Bonchev–Trinajstić information content (AvgIpc) is 2.97. The Morgan fingerprint density at radius 1 is 1.33 bits per heavy atom. The maximum absolute atomic E-state index is 12.0. The lowest BCUT2D eigenvalue weighted by Crippen LogP contribution is -1.94. The number of benzene rings is 1. The van der Waals surface area contributed by atoms with Gasteiger partial charge in [0.1, 0.15) is 11.3 Å². The molecule has 0 saturated heterocycles. The lowest BCUT2D eigenvalue weighted by molar-refractivity contribution is 0.552. The van der Waals surface area contributed by atoms with Gasteiger partial charge in [-0.3, -0.25) is 4.21 Å². The molecule has 18 heavy (non-hydrogen) atoms. The molecule has 1 unspecified atom stereocenters. The van der Waals surface area contributed by atoms with Crippen LogP contribution in [0.3, 0.4) is 0 Å². The van der Waals surface area contributed by atoms with E-state index in [1.807, 2.05) is 23.6 Å². The second-order valence-electron chi connectivity index (χ2n) is 3.72. The van der Waals surface area contributed by atoms with Crippen LogP contribution in [0.5, 0.6) is 0 Å². The van der Waals surface area contributed by atoms with Gasteiger partial charge in [0.2, 0.25) is 5.89 Å². The molecule has 0 spiro atoms. The van der Waals surface area contributed by atoms with Crippen molar-refractivity contribution < 1.29 is 8.63 Å². The van der Waals surface area contributed by atoms with Crippen LogP contribution in [0.4, 0.5) is 5.69 Å². The number of para-hydroxylation sites is 1. The molecule has 2 aromatic heterocycles. The third-order valence-electron chi connectivity index (χ3n) is 2.47. The fourth-order valence-corrected chi connectivity index (χ4v) is 3.60. The molecule has 1 atom stereocenters. The van der Waals surface area contributed by atoms with Gasteiger partial charge >= 0.3 is 0 Å². The van der Waals surface area contributed by atoms with Crippen molar-refractivity contribution in [3.8, 4) is 0 Å². The van der Waals surface area contributed by atoms with Crippen LogP contribution in [0.25, 0.3) is 11.1 Å². The molecule has 2 N–H and O–H groups in total. The quantitative estimate of drug-likeness (QED) is 0.748. The lowest BCUT2D eigenvalue weighted by Gasteiger charge is -1.93. The molecule has 0 fully saturated rings. The van der Waals surface area contributed by atoms with E-state index >= 15 is 0 Å². The zero-order valence-electron chi connectivity index (χ0n) is 9.33. The van der Waals surface area contributed by atoms with Crippen molar-refractivity contribution >= 4 is 38.9 Å². The van der Waals surface area contributed by atoms with E-state index in [-0.39, 0.29) is 5.75 Å². The van der Waals surface area contributed by atoms with Crippen LogP contribution >= 0.6 is 11.3 Å². The monoisotopic (exact) mass is 278 g/mol. The smallest absolute Gasteiger partial charge is 0.208 e. The summed E-state index contributed by atoms with van der Waals surface area (Å²) in [4.78, 5) is 4.28. The number of hydrogen-bond donors (Lipinski definition) is 1. The summed E-state index contributed by atoms with van der Waals surface area (Å²) in [6, 6.07) is 9.10. The molecule has 3 aromatic rings. The Balaban J connectivity index is 1.92. The predicted octanol–water partition coefficient (Wildman–Crippen LogP) is 2.78. The lowest BCUT2D eigenvalue weighted by atomic mass is 10.3. The van der Waals surface area contributed by atoms with Gasteiger partial charge in [0, 0.05) is 0 Å². The van der Waals surface area contributed by atoms with E-state index in [1.54, 1.807) is 12.1 Å². The van der Waals surface area contributed by atoms with Crippen LogP contribution in [-0.2, 0) is 16.6 Å². The molecule has 6 heteroatoms. The van der Waals surface area contributed by atoms with Crippen LogP contribution < -0.4 is 5.73 Å². The van der Waals surface area contributed by atoms with Crippen LogP contribution in [0.1, 0.15) is 5.89 Å². The van der Waals surface area contributed by atoms with Gasteiger partial charge in [-0.15, -0.1) is 11.3 Å². The number of nitrogens with zero attached hydrogens (tertiary/aromatic N) is 1. The highest BCUT2D eigenvalue weighted by molar-refractivity contribution is 7.86. The molecule has 0 aliphatic carbocycles. The van der Waals surface area contributed by atoms with Gasteiger partial charge in [-0.05, 0) is 23.6 Å². The van der Waals surface area contributed by atoms with Gasteiger partial charge < -0.3 is 10.2 Å². The Morgan fingerprint density at radius 3 is 2.94 bits per heavy atom. The second kappa shape index (κ2) is 4.55. The van der Waals surface area contributed by atoms with E-state index in [0.717, 1.165) is 4.21 Å². The third kappa shape index (κ3) is 2.04. The summed E-state index contributed by atoms with van der Waals surface area (Å²) >= 11 is 1.47. The maximum Gasteiger partial charge on any atom is 0.208 e. The standard InChI is InChI=1S/C12H10N2O2S2/c13-8-3-1-4-9-12(8)14-10(16-9)7-18(15)11-5-2-6-17-11/h1-6H,7,13H2. The second-order valence-corrected chi connectivity index (χ2v) is 6.35. The number of thiophene rings is 1. The summed E-state index contributed by atoms with van der Waals surface area (Å²) in [5, 5.41) is 1.90. The van der Waals surface area contributed by atoms with Crippen LogP contribution in [0.15, 0.2) is 44.3 Å². The van der Waals surface area contributed by atoms with Crippen molar-refractivity contribution in [2.45, 2.75) is 9.96 Å². The Bertz CT molecular complexity index is 704. The van der Waals surface area contributed by atoms with E-state index in [1.165, 1.54) is 11.3 Å². The van der Waals surface area contributed by atoms with Gasteiger partial charge in [0.15, 0.2) is 5.58 Å². The number of rotatable bonds is 3. The number of hydrogen-bond acceptors (Lipinski definition) is 5. The van der Waals surface area contributed by atoms with Crippen molar-refractivity contribution in [2.75, 3.05) is 5.73 Å². The van der Waals surface area contributed by atoms with E-state index in [2.05, 4.69) is 4.98 Å². The number of fused-ring (bicyclic) bond motifs is 1. The maximum atomic E-state index is 12.0. The van der Waals surface area contributed by atoms with Gasteiger partial charge in [0.25, 0.3) is 0 Å². The van der Waals surface area contributed by atoms with E-state index in [9.17, 15) is 4.21 Å². The first-order valence-corrected chi connectivity index (χ1v) is 7.49.